The van der Waals surface area contributed by atoms with Crippen molar-refractivity contribution >= 4 is 34.9 Å². The van der Waals surface area contributed by atoms with Crippen LogP contribution < -0.4 is 0 Å². The second-order valence-electron chi connectivity index (χ2n) is 6.33. The lowest BCUT2D eigenvalue weighted by molar-refractivity contribution is -0.141. The summed E-state index contributed by atoms with van der Waals surface area (Å²) >= 11 is 0. The fourth-order valence-electron chi connectivity index (χ4n) is 2.39. The van der Waals surface area contributed by atoms with Crippen LogP contribution in [0.1, 0.15) is 48.4 Å². The second kappa shape index (κ2) is 10.0. The molecule has 0 atom stereocenters. The van der Waals surface area contributed by atoms with Crippen molar-refractivity contribution in [3.8, 4) is 11.1 Å². The van der Waals surface area contributed by atoms with E-state index in [-0.39, 0.29) is 23.0 Å². The van der Waals surface area contributed by atoms with Crippen molar-refractivity contribution in [3.05, 3.63) is 59.7 Å². The van der Waals surface area contributed by atoms with Gasteiger partial charge >= 0.3 is 11.9 Å². The van der Waals surface area contributed by atoms with Crippen molar-refractivity contribution < 1.29 is 28.9 Å². The first kappa shape index (κ1) is 22.4. The summed E-state index contributed by atoms with van der Waals surface area (Å²) in [7, 11) is 0. The van der Waals surface area contributed by atoms with E-state index in [2.05, 4.69) is 20.0 Å². The van der Waals surface area contributed by atoms with E-state index in [1.54, 1.807) is 48.5 Å². The number of hydrogen-bond acceptors (Lipinski definition) is 8. The molecule has 0 heterocycles. The highest BCUT2D eigenvalue weighted by Gasteiger charge is 2.13. The van der Waals surface area contributed by atoms with Gasteiger partial charge in [0.15, 0.2) is 0 Å². The Morgan fingerprint density at radius 2 is 0.867 bits per heavy atom. The van der Waals surface area contributed by atoms with Gasteiger partial charge < -0.3 is 9.68 Å². The van der Waals surface area contributed by atoms with Gasteiger partial charge in [-0.15, -0.1) is 0 Å². The topological polar surface area (TPSA) is 111 Å². The summed E-state index contributed by atoms with van der Waals surface area (Å²) in [4.78, 5) is 55.1. The number of rotatable bonds is 7. The monoisotopic (exact) mass is 408 g/mol. The van der Waals surface area contributed by atoms with Gasteiger partial charge in [0.25, 0.3) is 0 Å². The van der Waals surface area contributed by atoms with E-state index in [0.29, 0.717) is 11.1 Å². The molecule has 2 aromatic rings. The summed E-state index contributed by atoms with van der Waals surface area (Å²) < 4.78 is 0. The Bertz CT molecular complexity index is 949. The van der Waals surface area contributed by atoms with Crippen LogP contribution in [0.5, 0.6) is 0 Å². The molecule has 0 aliphatic rings. The molecule has 8 nitrogen and oxygen atoms in total. The van der Waals surface area contributed by atoms with Crippen LogP contribution in [0.4, 0.5) is 0 Å². The van der Waals surface area contributed by atoms with Gasteiger partial charge in [0.05, 0.1) is 0 Å². The Balaban J connectivity index is 2.14. The van der Waals surface area contributed by atoms with Gasteiger partial charge in [-0.1, -0.05) is 58.8 Å². The van der Waals surface area contributed by atoms with E-state index in [0.717, 1.165) is 11.1 Å². The molecule has 0 N–H and O–H groups in total. The standard InChI is InChI=1S/C22H20N2O6/c1-13(23-29-15(3)25)21(27)19-9-5-17(6-10-19)18-7-11-20(12-8-18)22(28)14(2)24-30-16(4)26/h5-12H,1-4H3. The third kappa shape index (κ3) is 6.03. The number of oxime groups is 2. The highest BCUT2D eigenvalue weighted by molar-refractivity contribution is 6.45. The van der Waals surface area contributed by atoms with E-state index in [9.17, 15) is 19.2 Å². The van der Waals surface area contributed by atoms with E-state index < -0.39 is 11.9 Å². The lowest BCUT2D eigenvalue weighted by Gasteiger charge is -2.06. The van der Waals surface area contributed by atoms with Gasteiger partial charge in [0.2, 0.25) is 11.6 Å². The van der Waals surface area contributed by atoms with Gasteiger partial charge in [0.1, 0.15) is 11.4 Å². The first-order valence-electron chi connectivity index (χ1n) is 8.93. The van der Waals surface area contributed by atoms with Crippen LogP contribution in [0.25, 0.3) is 11.1 Å². The predicted octanol–water partition coefficient (Wildman–Crippen LogP) is 3.60. The molecule has 30 heavy (non-hydrogen) atoms. The largest absolute Gasteiger partial charge is 0.331 e. The molecule has 0 bridgehead atoms. The van der Waals surface area contributed by atoms with Crippen LogP contribution in [0.3, 0.4) is 0 Å². The Kier molecular flexibility index (Phi) is 7.46. The Hall–Kier alpha value is -3.94. The Labute approximate surface area is 173 Å². The van der Waals surface area contributed by atoms with Crippen molar-refractivity contribution in [3.63, 3.8) is 0 Å². The average molecular weight is 408 g/mol. The van der Waals surface area contributed by atoms with Crippen molar-refractivity contribution in [2.75, 3.05) is 0 Å². The molecule has 0 fully saturated rings. The van der Waals surface area contributed by atoms with Crippen molar-refractivity contribution in [1.29, 1.82) is 0 Å². The molecule has 2 aromatic carbocycles. The lowest BCUT2D eigenvalue weighted by atomic mass is 9.99. The van der Waals surface area contributed by atoms with Crippen LogP contribution in [-0.4, -0.2) is 34.9 Å². The highest BCUT2D eigenvalue weighted by Crippen LogP contribution is 2.21. The van der Waals surface area contributed by atoms with Crippen LogP contribution in [0.2, 0.25) is 0 Å². The minimum absolute atomic E-state index is 0.0617. The summed E-state index contributed by atoms with van der Waals surface area (Å²) in [6, 6.07) is 13.6. The first-order chi connectivity index (χ1) is 14.2. The number of nitrogens with zero attached hydrogens (tertiary/aromatic N) is 2. The summed E-state index contributed by atoms with van der Waals surface area (Å²) in [5.41, 5.74) is 2.60. The summed E-state index contributed by atoms with van der Waals surface area (Å²) in [5, 5.41) is 6.98. The van der Waals surface area contributed by atoms with Crippen molar-refractivity contribution in [2.45, 2.75) is 27.7 Å². The maximum absolute atomic E-state index is 12.3. The third-order valence-corrected chi connectivity index (χ3v) is 3.91. The number of benzene rings is 2. The predicted molar refractivity (Wildman–Crippen MR) is 110 cm³/mol. The van der Waals surface area contributed by atoms with Gasteiger partial charge in [-0.25, -0.2) is 9.59 Å². The third-order valence-electron chi connectivity index (χ3n) is 3.91. The van der Waals surface area contributed by atoms with E-state index in [1.165, 1.54) is 27.7 Å². The van der Waals surface area contributed by atoms with Crippen molar-refractivity contribution in [2.24, 2.45) is 10.3 Å². The minimum Gasteiger partial charge on any atom is -0.318 e. The summed E-state index contributed by atoms with van der Waals surface area (Å²) in [6.45, 7) is 5.31. The summed E-state index contributed by atoms with van der Waals surface area (Å²) in [6.07, 6.45) is 0. The lowest BCUT2D eigenvalue weighted by Crippen LogP contribution is -2.12. The normalized spacial score (nSPS) is 11.6. The zero-order chi connectivity index (χ0) is 22.3. The Morgan fingerprint density at radius 3 is 1.13 bits per heavy atom. The van der Waals surface area contributed by atoms with Crippen molar-refractivity contribution in [1.82, 2.24) is 0 Å². The second-order valence-corrected chi connectivity index (χ2v) is 6.33. The Morgan fingerprint density at radius 1 is 0.567 bits per heavy atom. The molecular formula is C22H20N2O6. The molecule has 0 aromatic heterocycles. The fraction of sp³-hybridized carbons (Fsp3) is 0.182. The first-order valence-corrected chi connectivity index (χ1v) is 8.93. The number of carbonyl (C=O) groups is 4. The molecule has 0 unspecified atom stereocenters. The SMILES string of the molecule is CC(=O)ON=C(C)C(=O)c1ccc(-c2ccc(C(=O)C(C)=NOC(C)=O)cc2)cc1. The number of Topliss-reactive ketones (excluding diaryl/α,β-unsaturated/α-hetero) is 2. The van der Waals surface area contributed by atoms with E-state index in [4.69, 9.17) is 0 Å². The van der Waals surface area contributed by atoms with Gasteiger partial charge in [-0.05, 0) is 25.0 Å². The van der Waals surface area contributed by atoms with Crippen LogP contribution >= 0.6 is 0 Å². The maximum atomic E-state index is 12.3. The quantitative estimate of drug-likeness (QED) is 0.299. The summed E-state index contributed by atoms with van der Waals surface area (Å²) in [5.74, 6) is -1.92. The molecule has 0 saturated carbocycles. The van der Waals surface area contributed by atoms with Crippen LogP contribution in [-0.2, 0) is 19.3 Å². The van der Waals surface area contributed by atoms with E-state index >= 15 is 0 Å². The molecule has 2 rings (SSSR count). The van der Waals surface area contributed by atoms with Gasteiger partial charge in [0, 0.05) is 25.0 Å². The molecule has 0 spiro atoms. The van der Waals surface area contributed by atoms with Gasteiger partial charge in [-0.3, -0.25) is 9.59 Å². The molecule has 0 radical (unpaired) electrons. The zero-order valence-electron chi connectivity index (χ0n) is 17.0. The molecule has 8 heteroatoms. The van der Waals surface area contributed by atoms with Crippen LogP contribution in [0, 0.1) is 0 Å². The number of carbonyl (C=O) groups excluding carboxylic acids is 4. The number of hydrogen-bond donors (Lipinski definition) is 0. The molecule has 0 amide bonds. The number of ketones is 2. The molecule has 0 saturated heterocycles. The maximum Gasteiger partial charge on any atom is 0.331 e. The fourth-order valence-corrected chi connectivity index (χ4v) is 2.39. The minimum atomic E-state index is -0.604. The molecule has 0 aliphatic heterocycles. The highest BCUT2D eigenvalue weighted by atomic mass is 16.7. The average Bonchev–Trinajstić information content (AvgIpc) is 2.74. The van der Waals surface area contributed by atoms with Gasteiger partial charge in [-0.2, -0.15) is 0 Å². The van der Waals surface area contributed by atoms with E-state index in [1.807, 2.05) is 0 Å². The molecular weight excluding hydrogens is 388 g/mol. The molecule has 0 aliphatic carbocycles. The smallest absolute Gasteiger partial charge is 0.318 e. The van der Waals surface area contributed by atoms with Crippen LogP contribution in [0.15, 0.2) is 58.8 Å². The molecule has 154 valence electrons. The zero-order valence-corrected chi connectivity index (χ0v) is 17.0.